The lowest BCUT2D eigenvalue weighted by molar-refractivity contribution is -0.0152. The monoisotopic (exact) mass is 343 g/mol. The number of ether oxygens (including phenoxy) is 1. The Balaban J connectivity index is 1.44. The molecule has 134 valence electrons. The Hall–Kier alpha value is -1.91. The van der Waals surface area contributed by atoms with Crippen molar-refractivity contribution in [2.45, 2.75) is 50.4 Å². The highest BCUT2D eigenvalue weighted by molar-refractivity contribution is 5.22. The first-order chi connectivity index (χ1) is 12.2. The topological polar surface area (TPSA) is 41.5 Å². The molecule has 4 heteroatoms. The molecule has 1 fully saturated rings. The van der Waals surface area contributed by atoms with Crippen LogP contribution >= 0.6 is 0 Å². The van der Waals surface area contributed by atoms with E-state index in [1.165, 1.54) is 17.7 Å². The number of rotatable bonds is 7. The van der Waals surface area contributed by atoms with Gasteiger partial charge in [-0.1, -0.05) is 30.3 Å². The molecule has 1 aliphatic rings. The second kappa shape index (κ2) is 8.97. The van der Waals surface area contributed by atoms with E-state index in [1.807, 2.05) is 6.07 Å². The average molecular weight is 343 g/mol. The van der Waals surface area contributed by atoms with E-state index in [4.69, 9.17) is 4.74 Å². The van der Waals surface area contributed by atoms with E-state index in [0.29, 0.717) is 5.75 Å². The van der Waals surface area contributed by atoms with Gasteiger partial charge in [0.1, 0.15) is 23.8 Å². The van der Waals surface area contributed by atoms with Crippen molar-refractivity contribution in [3.63, 3.8) is 0 Å². The van der Waals surface area contributed by atoms with E-state index in [2.05, 4.69) is 29.6 Å². The third kappa shape index (κ3) is 5.28. The Morgan fingerprint density at radius 3 is 2.56 bits per heavy atom. The highest BCUT2D eigenvalue weighted by Crippen LogP contribution is 2.24. The second-order valence-corrected chi connectivity index (χ2v) is 6.68. The molecular weight excluding hydrogens is 317 g/mol. The molecule has 0 heterocycles. The minimum absolute atomic E-state index is 0.0509. The molecule has 2 aromatic rings. The Kier molecular flexibility index (Phi) is 6.42. The van der Waals surface area contributed by atoms with Crippen LogP contribution in [0.25, 0.3) is 0 Å². The van der Waals surface area contributed by atoms with Crippen LogP contribution < -0.4 is 10.1 Å². The molecule has 0 radical (unpaired) electrons. The summed E-state index contributed by atoms with van der Waals surface area (Å²) in [6.45, 7) is 0.875. The van der Waals surface area contributed by atoms with Crippen LogP contribution in [0.5, 0.6) is 5.75 Å². The lowest BCUT2D eigenvalue weighted by Gasteiger charge is -2.35. The summed E-state index contributed by atoms with van der Waals surface area (Å²) in [6, 6.07) is 16.5. The molecule has 3 nitrogen and oxygen atoms in total. The number of hydrogen-bond donors (Lipinski definition) is 2. The molecular formula is C21H26FNO2. The van der Waals surface area contributed by atoms with Gasteiger partial charge in [0, 0.05) is 6.04 Å². The van der Waals surface area contributed by atoms with Crippen LogP contribution in [0.3, 0.4) is 0 Å². The predicted octanol–water partition coefficient (Wildman–Crippen LogP) is 3.71. The molecule has 2 aromatic carbocycles. The lowest BCUT2D eigenvalue weighted by atomic mass is 9.89. The molecule has 0 aromatic heterocycles. The molecule has 0 saturated heterocycles. The quantitative estimate of drug-likeness (QED) is 0.753. The van der Waals surface area contributed by atoms with Gasteiger partial charge in [-0.3, -0.25) is 0 Å². The van der Waals surface area contributed by atoms with Crippen molar-refractivity contribution >= 4 is 0 Å². The largest absolute Gasteiger partial charge is 0.488 e. The Labute approximate surface area is 148 Å². The molecule has 0 spiro atoms. The second-order valence-electron chi connectivity index (χ2n) is 6.68. The van der Waals surface area contributed by atoms with Crippen molar-refractivity contribution in [3.8, 4) is 5.75 Å². The fourth-order valence-corrected chi connectivity index (χ4v) is 3.40. The zero-order chi connectivity index (χ0) is 17.5. The van der Waals surface area contributed by atoms with Gasteiger partial charge in [0.25, 0.3) is 0 Å². The molecule has 1 saturated carbocycles. The standard InChI is InChI=1S/C21H26FNO2/c22-17-11-13-18(14-12-17)25-20-10-4-9-19(21(20)24)23-15-5-8-16-6-2-1-3-7-16/h1-3,6-7,11-14,19-21,23-24H,4-5,8-10,15H2/t19-,20+,21+/m0/s1. The summed E-state index contributed by atoms with van der Waals surface area (Å²) in [6.07, 6.45) is 4.07. The van der Waals surface area contributed by atoms with E-state index >= 15 is 0 Å². The maximum absolute atomic E-state index is 13.0. The smallest absolute Gasteiger partial charge is 0.126 e. The molecule has 0 aliphatic heterocycles. The zero-order valence-corrected chi connectivity index (χ0v) is 14.4. The van der Waals surface area contributed by atoms with E-state index in [-0.39, 0.29) is 18.0 Å². The number of aliphatic hydroxyl groups excluding tert-OH is 1. The minimum Gasteiger partial charge on any atom is -0.488 e. The number of halogens is 1. The SMILES string of the molecule is O[C@@H]1[C@@H](NCCCc2ccccc2)CCC[C@H]1Oc1ccc(F)cc1. The first-order valence-corrected chi connectivity index (χ1v) is 9.10. The van der Waals surface area contributed by atoms with E-state index < -0.39 is 6.10 Å². The molecule has 0 bridgehead atoms. The summed E-state index contributed by atoms with van der Waals surface area (Å²) in [5.74, 6) is 0.324. The average Bonchev–Trinajstić information content (AvgIpc) is 2.64. The Bertz CT molecular complexity index is 632. The van der Waals surface area contributed by atoms with Crippen LogP contribution in [-0.4, -0.2) is 29.9 Å². The van der Waals surface area contributed by atoms with Gasteiger partial charge in [0.05, 0.1) is 0 Å². The van der Waals surface area contributed by atoms with Gasteiger partial charge >= 0.3 is 0 Å². The molecule has 25 heavy (non-hydrogen) atoms. The van der Waals surface area contributed by atoms with Crippen LogP contribution in [-0.2, 0) is 6.42 Å². The Morgan fingerprint density at radius 2 is 1.80 bits per heavy atom. The first-order valence-electron chi connectivity index (χ1n) is 9.10. The molecule has 3 rings (SSSR count). The molecule has 0 unspecified atom stereocenters. The lowest BCUT2D eigenvalue weighted by Crippen LogP contribution is -2.51. The summed E-state index contributed by atoms with van der Waals surface area (Å²) in [5.41, 5.74) is 1.34. The summed E-state index contributed by atoms with van der Waals surface area (Å²) in [7, 11) is 0. The summed E-state index contributed by atoms with van der Waals surface area (Å²) < 4.78 is 18.9. The van der Waals surface area contributed by atoms with Gasteiger partial charge in [0.2, 0.25) is 0 Å². The van der Waals surface area contributed by atoms with Gasteiger partial charge < -0.3 is 15.2 Å². The third-order valence-electron chi connectivity index (χ3n) is 4.79. The number of hydrogen-bond acceptors (Lipinski definition) is 3. The van der Waals surface area contributed by atoms with Crippen molar-refractivity contribution in [2.75, 3.05) is 6.54 Å². The van der Waals surface area contributed by atoms with Gasteiger partial charge in [-0.05, 0) is 68.5 Å². The van der Waals surface area contributed by atoms with E-state index in [9.17, 15) is 9.50 Å². The van der Waals surface area contributed by atoms with Crippen LogP contribution in [0.4, 0.5) is 4.39 Å². The van der Waals surface area contributed by atoms with Crippen LogP contribution in [0.1, 0.15) is 31.2 Å². The number of aryl methyl sites for hydroxylation is 1. The van der Waals surface area contributed by atoms with Crippen LogP contribution in [0.2, 0.25) is 0 Å². The maximum atomic E-state index is 13.0. The van der Waals surface area contributed by atoms with Gasteiger partial charge in [-0.15, -0.1) is 0 Å². The Morgan fingerprint density at radius 1 is 1.04 bits per heavy atom. The minimum atomic E-state index is -0.546. The van der Waals surface area contributed by atoms with Gasteiger partial charge in [0.15, 0.2) is 0 Å². The fraction of sp³-hybridized carbons (Fsp3) is 0.429. The predicted molar refractivity (Wildman–Crippen MR) is 97.2 cm³/mol. The normalized spacial score (nSPS) is 23.4. The summed E-state index contributed by atoms with van der Waals surface area (Å²) in [4.78, 5) is 0. The van der Waals surface area contributed by atoms with E-state index in [1.54, 1.807) is 12.1 Å². The number of nitrogens with one attached hydrogen (secondary N) is 1. The highest BCUT2D eigenvalue weighted by atomic mass is 19.1. The van der Waals surface area contributed by atoms with Crippen molar-refractivity contribution in [3.05, 3.63) is 66.0 Å². The molecule has 2 N–H and O–H groups in total. The molecule has 3 atom stereocenters. The van der Waals surface area contributed by atoms with Crippen LogP contribution in [0, 0.1) is 5.82 Å². The van der Waals surface area contributed by atoms with Crippen molar-refractivity contribution < 1.29 is 14.2 Å². The fourth-order valence-electron chi connectivity index (χ4n) is 3.40. The molecule has 1 aliphatic carbocycles. The first kappa shape index (κ1) is 17.9. The maximum Gasteiger partial charge on any atom is 0.126 e. The third-order valence-corrected chi connectivity index (χ3v) is 4.79. The van der Waals surface area contributed by atoms with Gasteiger partial charge in [-0.25, -0.2) is 4.39 Å². The van der Waals surface area contributed by atoms with Crippen molar-refractivity contribution in [2.24, 2.45) is 0 Å². The molecule has 0 amide bonds. The van der Waals surface area contributed by atoms with Crippen molar-refractivity contribution in [1.82, 2.24) is 5.32 Å². The van der Waals surface area contributed by atoms with Crippen molar-refractivity contribution in [1.29, 1.82) is 0 Å². The number of benzene rings is 2. The summed E-state index contributed by atoms with van der Waals surface area (Å²) in [5, 5.41) is 14.1. The highest BCUT2D eigenvalue weighted by Gasteiger charge is 2.32. The van der Waals surface area contributed by atoms with Crippen LogP contribution in [0.15, 0.2) is 54.6 Å². The van der Waals surface area contributed by atoms with E-state index in [0.717, 1.165) is 38.6 Å². The number of aliphatic hydroxyl groups is 1. The summed E-state index contributed by atoms with van der Waals surface area (Å²) >= 11 is 0. The zero-order valence-electron chi connectivity index (χ0n) is 14.4. The van der Waals surface area contributed by atoms with Gasteiger partial charge in [-0.2, -0.15) is 0 Å².